The number of carbonyl (C=O) groups excluding carboxylic acids is 2. The summed E-state index contributed by atoms with van der Waals surface area (Å²) in [4.78, 5) is 28.2. The standard InChI is InChI=1S/C14H20N4O2/c1-8-6-10(7-12(15-3)16-8)14(20)17-9(2)13(19)18-11-4-5-11/h6-7,9,11H,4-5H2,1-3H3,(H,15,16)(H,17,20)(H,18,19). The molecule has 1 aromatic heterocycles. The molecule has 20 heavy (non-hydrogen) atoms. The van der Waals surface area contributed by atoms with Crippen molar-refractivity contribution in [1.82, 2.24) is 15.6 Å². The topological polar surface area (TPSA) is 83.1 Å². The highest BCUT2D eigenvalue weighted by atomic mass is 16.2. The molecule has 0 spiro atoms. The first-order chi connectivity index (χ1) is 9.49. The van der Waals surface area contributed by atoms with Gasteiger partial charge in [-0.25, -0.2) is 4.98 Å². The number of carbonyl (C=O) groups is 2. The zero-order chi connectivity index (χ0) is 14.7. The number of pyridine rings is 1. The zero-order valence-corrected chi connectivity index (χ0v) is 12.0. The van der Waals surface area contributed by atoms with E-state index in [1.807, 2.05) is 6.92 Å². The van der Waals surface area contributed by atoms with Crippen LogP contribution in [-0.4, -0.2) is 35.9 Å². The minimum Gasteiger partial charge on any atom is -0.373 e. The predicted octanol–water partition coefficient (Wildman–Crippen LogP) is 0.829. The van der Waals surface area contributed by atoms with Gasteiger partial charge < -0.3 is 16.0 Å². The van der Waals surface area contributed by atoms with Crippen molar-refractivity contribution in [3.8, 4) is 0 Å². The van der Waals surface area contributed by atoms with Crippen LogP contribution in [0.25, 0.3) is 0 Å². The molecule has 6 heteroatoms. The van der Waals surface area contributed by atoms with Gasteiger partial charge in [-0.05, 0) is 38.8 Å². The molecule has 1 unspecified atom stereocenters. The molecule has 2 rings (SSSR count). The smallest absolute Gasteiger partial charge is 0.252 e. The number of aromatic nitrogens is 1. The van der Waals surface area contributed by atoms with Crippen LogP contribution in [0, 0.1) is 6.92 Å². The van der Waals surface area contributed by atoms with E-state index < -0.39 is 6.04 Å². The number of rotatable bonds is 5. The predicted molar refractivity (Wildman–Crippen MR) is 76.6 cm³/mol. The van der Waals surface area contributed by atoms with Crippen molar-refractivity contribution < 1.29 is 9.59 Å². The first-order valence-corrected chi connectivity index (χ1v) is 6.77. The average Bonchev–Trinajstić information content (AvgIpc) is 3.21. The molecule has 1 aliphatic carbocycles. The normalized spacial score (nSPS) is 15.3. The molecule has 1 atom stereocenters. The molecule has 1 aromatic rings. The van der Waals surface area contributed by atoms with E-state index in [9.17, 15) is 9.59 Å². The Kier molecular flexibility index (Phi) is 4.22. The van der Waals surface area contributed by atoms with E-state index >= 15 is 0 Å². The molecule has 1 aliphatic rings. The van der Waals surface area contributed by atoms with Crippen LogP contribution in [-0.2, 0) is 4.79 Å². The number of nitrogens with one attached hydrogen (secondary N) is 3. The fourth-order valence-electron chi connectivity index (χ4n) is 1.83. The Morgan fingerprint density at radius 2 is 2.05 bits per heavy atom. The third-order valence-corrected chi connectivity index (χ3v) is 3.14. The van der Waals surface area contributed by atoms with Crippen molar-refractivity contribution in [3.05, 3.63) is 23.4 Å². The van der Waals surface area contributed by atoms with Crippen LogP contribution in [0.3, 0.4) is 0 Å². The van der Waals surface area contributed by atoms with Crippen LogP contribution in [0.2, 0.25) is 0 Å². The lowest BCUT2D eigenvalue weighted by Crippen LogP contribution is -2.45. The largest absolute Gasteiger partial charge is 0.373 e. The summed E-state index contributed by atoms with van der Waals surface area (Å²) in [5, 5.41) is 8.47. The van der Waals surface area contributed by atoms with E-state index in [4.69, 9.17) is 0 Å². The van der Waals surface area contributed by atoms with E-state index in [2.05, 4.69) is 20.9 Å². The Labute approximate surface area is 118 Å². The maximum absolute atomic E-state index is 12.1. The van der Waals surface area contributed by atoms with Gasteiger partial charge in [0.05, 0.1) is 0 Å². The third kappa shape index (κ3) is 3.69. The zero-order valence-electron chi connectivity index (χ0n) is 12.0. The summed E-state index contributed by atoms with van der Waals surface area (Å²) < 4.78 is 0. The van der Waals surface area contributed by atoms with E-state index in [-0.39, 0.29) is 11.8 Å². The Morgan fingerprint density at radius 1 is 1.35 bits per heavy atom. The quantitative estimate of drug-likeness (QED) is 0.744. The highest BCUT2D eigenvalue weighted by Crippen LogP contribution is 2.18. The summed E-state index contributed by atoms with van der Waals surface area (Å²) >= 11 is 0. The number of amides is 2. The van der Waals surface area contributed by atoms with Gasteiger partial charge in [-0.2, -0.15) is 0 Å². The molecule has 1 heterocycles. The number of nitrogens with zero attached hydrogens (tertiary/aromatic N) is 1. The van der Waals surface area contributed by atoms with Crippen LogP contribution in [0.4, 0.5) is 5.82 Å². The van der Waals surface area contributed by atoms with Gasteiger partial charge in [0.15, 0.2) is 0 Å². The Hall–Kier alpha value is -2.11. The fraction of sp³-hybridized carbons (Fsp3) is 0.500. The molecule has 0 aromatic carbocycles. The molecule has 0 radical (unpaired) electrons. The molecule has 1 fully saturated rings. The summed E-state index contributed by atoms with van der Waals surface area (Å²) in [5.74, 6) is 0.219. The minimum atomic E-state index is -0.547. The highest BCUT2D eigenvalue weighted by molar-refractivity contribution is 5.98. The molecule has 6 nitrogen and oxygen atoms in total. The van der Waals surface area contributed by atoms with Crippen molar-refractivity contribution in [2.45, 2.75) is 38.8 Å². The summed E-state index contributed by atoms with van der Waals surface area (Å²) in [5.41, 5.74) is 1.24. The van der Waals surface area contributed by atoms with Crippen molar-refractivity contribution in [2.75, 3.05) is 12.4 Å². The van der Waals surface area contributed by atoms with Crippen LogP contribution in [0.1, 0.15) is 35.8 Å². The van der Waals surface area contributed by atoms with Gasteiger partial charge in [-0.3, -0.25) is 9.59 Å². The second kappa shape index (κ2) is 5.90. The maximum atomic E-state index is 12.1. The van der Waals surface area contributed by atoms with Gasteiger partial charge in [-0.1, -0.05) is 0 Å². The van der Waals surface area contributed by atoms with E-state index in [0.29, 0.717) is 17.4 Å². The lowest BCUT2D eigenvalue weighted by molar-refractivity contribution is -0.122. The number of hydrogen-bond acceptors (Lipinski definition) is 4. The number of aryl methyl sites for hydroxylation is 1. The molecule has 2 amide bonds. The summed E-state index contributed by atoms with van der Waals surface area (Å²) in [6.07, 6.45) is 2.06. The number of anilines is 1. The Balaban J connectivity index is 1.99. The van der Waals surface area contributed by atoms with E-state index in [1.54, 1.807) is 26.1 Å². The second-order valence-electron chi connectivity index (χ2n) is 5.11. The highest BCUT2D eigenvalue weighted by Gasteiger charge is 2.26. The summed E-state index contributed by atoms with van der Waals surface area (Å²) in [6.45, 7) is 3.50. The molecule has 0 bridgehead atoms. The maximum Gasteiger partial charge on any atom is 0.252 e. The molecular weight excluding hydrogens is 256 g/mol. The van der Waals surface area contributed by atoms with E-state index in [1.165, 1.54) is 0 Å². The monoisotopic (exact) mass is 276 g/mol. The lowest BCUT2D eigenvalue weighted by atomic mass is 10.2. The van der Waals surface area contributed by atoms with Crippen molar-refractivity contribution in [2.24, 2.45) is 0 Å². The third-order valence-electron chi connectivity index (χ3n) is 3.14. The molecule has 0 aliphatic heterocycles. The van der Waals surface area contributed by atoms with Gasteiger partial charge in [0.25, 0.3) is 5.91 Å². The first kappa shape index (κ1) is 14.3. The fourth-order valence-corrected chi connectivity index (χ4v) is 1.83. The van der Waals surface area contributed by atoms with Gasteiger partial charge in [0.1, 0.15) is 11.9 Å². The van der Waals surface area contributed by atoms with E-state index in [0.717, 1.165) is 18.5 Å². The SMILES string of the molecule is CNc1cc(C(=O)NC(C)C(=O)NC2CC2)cc(C)n1. The number of hydrogen-bond donors (Lipinski definition) is 3. The van der Waals surface area contributed by atoms with Crippen LogP contribution < -0.4 is 16.0 Å². The molecule has 0 saturated heterocycles. The Morgan fingerprint density at radius 3 is 2.65 bits per heavy atom. The van der Waals surface area contributed by atoms with Crippen LogP contribution in [0.5, 0.6) is 0 Å². The van der Waals surface area contributed by atoms with Crippen molar-refractivity contribution in [1.29, 1.82) is 0 Å². The van der Waals surface area contributed by atoms with Gasteiger partial charge in [-0.15, -0.1) is 0 Å². The summed E-state index contributed by atoms with van der Waals surface area (Å²) in [6, 6.07) is 3.10. The van der Waals surface area contributed by atoms with Crippen LogP contribution >= 0.6 is 0 Å². The van der Waals surface area contributed by atoms with Crippen molar-refractivity contribution >= 4 is 17.6 Å². The molecule has 3 N–H and O–H groups in total. The second-order valence-corrected chi connectivity index (χ2v) is 5.11. The average molecular weight is 276 g/mol. The van der Waals surface area contributed by atoms with Gasteiger partial charge >= 0.3 is 0 Å². The molecule has 108 valence electrons. The van der Waals surface area contributed by atoms with Crippen molar-refractivity contribution in [3.63, 3.8) is 0 Å². The first-order valence-electron chi connectivity index (χ1n) is 6.77. The van der Waals surface area contributed by atoms with Gasteiger partial charge in [0.2, 0.25) is 5.91 Å². The van der Waals surface area contributed by atoms with Crippen LogP contribution in [0.15, 0.2) is 12.1 Å². The lowest BCUT2D eigenvalue weighted by Gasteiger charge is -2.14. The Bertz CT molecular complexity index is 526. The summed E-state index contributed by atoms with van der Waals surface area (Å²) in [7, 11) is 1.75. The minimum absolute atomic E-state index is 0.138. The van der Waals surface area contributed by atoms with Gasteiger partial charge in [0, 0.05) is 24.3 Å². The molecule has 1 saturated carbocycles. The molecular formula is C14H20N4O2.